The van der Waals surface area contributed by atoms with Gasteiger partial charge in [-0.05, 0) is 58.5 Å². The second kappa shape index (κ2) is 12.5. The summed E-state index contributed by atoms with van der Waals surface area (Å²) in [5.41, 5.74) is 0. The summed E-state index contributed by atoms with van der Waals surface area (Å²) in [6.07, 6.45) is 7.02. The van der Waals surface area contributed by atoms with Gasteiger partial charge in [0, 0.05) is 47.5 Å². The lowest BCUT2D eigenvalue weighted by Gasteiger charge is -2.31. The molecule has 0 aromatic rings. The van der Waals surface area contributed by atoms with E-state index in [0.717, 1.165) is 50.6 Å². The first-order valence-corrected chi connectivity index (χ1v) is 11.1. The first kappa shape index (κ1) is 23.1. The van der Waals surface area contributed by atoms with Crippen LogP contribution in [0, 0.1) is 5.92 Å². The molecule has 2 N–H and O–H groups in total. The minimum atomic E-state index is -0.670. The molecule has 5 nitrogen and oxygen atoms in total. The molecule has 0 bridgehead atoms. The highest BCUT2D eigenvalue weighted by molar-refractivity contribution is 14.0. The number of halogens is 1. The Bertz CT molecular complexity index is 435. The topological polar surface area (TPSA) is 56.7 Å². The van der Waals surface area contributed by atoms with E-state index in [1.807, 2.05) is 6.92 Å². The van der Waals surface area contributed by atoms with Gasteiger partial charge >= 0.3 is 0 Å². The molecule has 1 aliphatic carbocycles. The van der Waals surface area contributed by atoms with Gasteiger partial charge in [-0.15, -0.1) is 24.0 Å². The molecule has 2 fully saturated rings. The molecule has 1 saturated carbocycles. The third-order valence-corrected chi connectivity index (χ3v) is 6.94. The maximum Gasteiger partial charge on any atom is 0.191 e. The van der Waals surface area contributed by atoms with Crippen LogP contribution in [0.1, 0.15) is 52.4 Å². The minimum Gasteiger partial charge on any atom is -0.357 e. The second-order valence-electron chi connectivity index (χ2n) is 7.29. The number of nitrogens with one attached hydrogen (secondary N) is 2. The molecular formula is C18H37IN4OS. The van der Waals surface area contributed by atoms with Crippen molar-refractivity contribution in [1.82, 2.24) is 15.5 Å². The van der Waals surface area contributed by atoms with Crippen molar-refractivity contribution in [1.29, 1.82) is 0 Å². The van der Waals surface area contributed by atoms with Gasteiger partial charge in [-0.3, -0.25) is 9.20 Å². The van der Waals surface area contributed by atoms with Gasteiger partial charge in [0.1, 0.15) is 0 Å². The lowest BCUT2D eigenvalue weighted by molar-refractivity contribution is 0.214. The number of rotatable bonds is 6. The molecule has 1 aliphatic heterocycles. The molecule has 2 aliphatic rings. The van der Waals surface area contributed by atoms with Crippen molar-refractivity contribution in [3.8, 4) is 0 Å². The second-order valence-corrected chi connectivity index (χ2v) is 9.29. The molecule has 2 rings (SSSR count). The van der Waals surface area contributed by atoms with Crippen molar-refractivity contribution < 1.29 is 4.21 Å². The lowest BCUT2D eigenvalue weighted by Crippen LogP contribution is -2.47. The van der Waals surface area contributed by atoms with Gasteiger partial charge in [0.2, 0.25) is 0 Å². The predicted octanol–water partition coefficient (Wildman–Crippen LogP) is 2.58. The van der Waals surface area contributed by atoms with E-state index in [4.69, 9.17) is 4.99 Å². The summed E-state index contributed by atoms with van der Waals surface area (Å²) in [7, 11) is 1.53. The zero-order chi connectivity index (χ0) is 17.4. The maximum atomic E-state index is 12.1. The largest absolute Gasteiger partial charge is 0.357 e. The molecule has 148 valence electrons. The van der Waals surface area contributed by atoms with Crippen LogP contribution in [0.4, 0.5) is 0 Å². The molecular weight excluding hydrogens is 447 g/mol. The first-order chi connectivity index (χ1) is 11.6. The fourth-order valence-corrected chi connectivity index (χ4v) is 5.25. The number of guanidine groups is 1. The molecule has 0 aromatic heterocycles. The standard InChI is InChI=1S/C18H36N4OS.HI/c1-4-19-18(20-13-15-8-7-11-22(3)14-15)21-16-9-6-10-17(12-16)24(23)5-2;/h15-17H,4-14H2,1-3H3,(H2,19,20,21);1H. The van der Waals surface area contributed by atoms with Gasteiger partial charge in [-0.25, -0.2) is 0 Å². The average Bonchev–Trinajstić information content (AvgIpc) is 2.59. The number of hydrogen-bond acceptors (Lipinski definition) is 3. The summed E-state index contributed by atoms with van der Waals surface area (Å²) in [6, 6.07) is 0.408. The van der Waals surface area contributed by atoms with Gasteiger partial charge in [0.15, 0.2) is 5.96 Å². The molecule has 1 saturated heterocycles. The summed E-state index contributed by atoms with van der Waals surface area (Å²) in [4.78, 5) is 7.26. The highest BCUT2D eigenvalue weighted by Gasteiger charge is 2.26. The van der Waals surface area contributed by atoms with Crippen LogP contribution < -0.4 is 10.6 Å². The van der Waals surface area contributed by atoms with E-state index in [-0.39, 0.29) is 24.0 Å². The number of likely N-dealkylation sites (tertiary alicyclic amines) is 1. The van der Waals surface area contributed by atoms with Gasteiger partial charge < -0.3 is 15.5 Å². The minimum absolute atomic E-state index is 0. The van der Waals surface area contributed by atoms with E-state index in [0.29, 0.717) is 17.2 Å². The highest BCUT2D eigenvalue weighted by atomic mass is 127. The van der Waals surface area contributed by atoms with Crippen LogP contribution in [0.15, 0.2) is 4.99 Å². The van der Waals surface area contributed by atoms with Gasteiger partial charge in [-0.2, -0.15) is 0 Å². The zero-order valence-electron chi connectivity index (χ0n) is 16.1. The molecule has 7 heteroatoms. The smallest absolute Gasteiger partial charge is 0.191 e. The zero-order valence-corrected chi connectivity index (χ0v) is 19.3. The van der Waals surface area contributed by atoms with Crippen LogP contribution in [-0.2, 0) is 10.8 Å². The summed E-state index contributed by atoms with van der Waals surface area (Å²) in [6.45, 7) is 8.30. The molecule has 0 spiro atoms. The summed E-state index contributed by atoms with van der Waals surface area (Å²) in [5.74, 6) is 2.39. The molecule has 0 aromatic carbocycles. The fourth-order valence-electron chi connectivity index (χ4n) is 3.91. The Morgan fingerprint density at radius 3 is 2.72 bits per heavy atom. The van der Waals surface area contributed by atoms with Crippen LogP contribution in [0.3, 0.4) is 0 Å². The van der Waals surface area contributed by atoms with Crippen molar-refractivity contribution >= 4 is 40.7 Å². The average molecular weight is 484 g/mol. The van der Waals surface area contributed by atoms with Crippen LogP contribution in [0.25, 0.3) is 0 Å². The Balaban J connectivity index is 0.00000312. The van der Waals surface area contributed by atoms with Crippen molar-refractivity contribution in [3.63, 3.8) is 0 Å². The third-order valence-electron chi connectivity index (χ3n) is 5.20. The van der Waals surface area contributed by atoms with Gasteiger partial charge in [0.05, 0.1) is 0 Å². The predicted molar refractivity (Wildman–Crippen MR) is 119 cm³/mol. The summed E-state index contributed by atoms with van der Waals surface area (Å²) < 4.78 is 12.1. The molecule has 0 amide bonds. The third kappa shape index (κ3) is 8.12. The van der Waals surface area contributed by atoms with E-state index in [2.05, 4.69) is 29.5 Å². The van der Waals surface area contributed by atoms with E-state index >= 15 is 0 Å². The van der Waals surface area contributed by atoms with E-state index in [9.17, 15) is 4.21 Å². The van der Waals surface area contributed by atoms with E-state index in [1.54, 1.807) is 0 Å². The number of hydrogen-bond donors (Lipinski definition) is 2. The van der Waals surface area contributed by atoms with E-state index in [1.165, 1.54) is 25.8 Å². The molecule has 0 radical (unpaired) electrons. The molecule has 25 heavy (non-hydrogen) atoms. The summed E-state index contributed by atoms with van der Waals surface area (Å²) >= 11 is 0. The lowest BCUT2D eigenvalue weighted by atomic mass is 9.95. The van der Waals surface area contributed by atoms with Crippen molar-refractivity contribution in [2.24, 2.45) is 10.9 Å². The Labute approximate surface area is 173 Å². The van der Waals surface area contributed by atoms with Crippen molar-refractivity contribution in [3.05, 3.63) is 0 Å². The molecule has 1 heterocycles. The Kier molecular flexibility index (Phi) is 11.6. The van der Waals surface area contributed by atoms with E-state index < -0.39 is 10.8 Å². The van der Waals surface area contributed by atoms with Crippen LogP contribution in [-0.4, -0.2) is 65.3 Å². The Morgan fingerprint density at radius 2 is 2.04 bits per heavy atom. The van der Waals surface area contributed by atoms with Crippen LogP contribution in [0.2, 0.25) is 0 Å². The quantitative estimate of drug-likeness (QED) is 0.346. The number of aliphatic imine (C=N–C) groups is 1. The molecule has 4 unspecified atom stereocenters. The Morgan fingerprint density at radius 1 is 1.24 bits per heavy atom. The normalized spacial score (nSPS) is 29.6. The van der Waals surface area contributed by atoms with Crippen molar-refractivity contribution in [2.75, 3.05) is 39.0 Å². The molecule has 4 atom stereocenters. The van der Waals surface area contributed by atoms with Crippen LogP contribution in [0.5, 0.6) is 0 Å². The highest BCUT2D eigenvalue weighted by Crippen LogP contribution is 2.23. The monoisotopic (exact) mass is 484 g/mol. The number of piperidine rings is 1. The van der Waals surface area contributed by atoms with Crippen molar-refractivity contribution in [2.45, 2.75) is 63.7 Å². The fraction of sp³-hybridized carbons (Fsp3) is 0.944. The van der Waals surface area contributed by atoms with Gasteiger partial charge in [-0.1, -0.05) is 13.3 Å². The SMILES string of the molecule is CCNC(=NCC1CCCN(C)C1)NC1CCCC(S(=O)CC)C1.I. The Hall–Kier alpha value is 0.110. The summed E-state index contributed by atoms with van der Waals surface area (Å²) in [5, 5.41) is 7.35. The maximum absolute atomic E-state index is 12.1. The van der Waals surface area contributed by atoms with Gasteiger partial charge in [0.25, 0.3) is 0 Å². The van der Waals surface area contributed by atoms with Crippen LogP contribution >= 0.6 is 24.0 Å². The first-order valence-electron chi connectivity index (χ1n) is 9.72. The number of nitrogens with zero attached hydrogens (tertiary/aromatic N) is 2.